The second-order valence-electron chi connectivity index (χ2n) is 7.34. The Kier molecular flexibility index (Phi) is 5.45. The van der Waals surface area contributed by atoms with Gasteiger partial charge in [0.15, 0.2) is 23.1 Å². The van der Waals surface area contributed by atoms with Gasteiger partial charge in [-0.3, -0.25) is 9.20 Å². The maximum Gasteiger partial charge on any atom is 0.220 e. The minimum absolute atomic E-state index is 0.0987. The first-order valence-corrected chi connectivity index (χ1v) is 10.4. The van der Waals surface area contributed by atoms with E-state index >= 15 is 0 Å². The maximum absolute atomic E-state index is 12.4. The largest absolute Gasteiger partial charge is 0.440 e. The summed E-state index contributed by atoms with van der Waals surface area (Å²) in [5.74, 6) is 1.83. The summed E-state index contributed by atoms with van der Waals surface area (Å²) in [6.45, 7) is 0.306. The minimum Gasteiger partial charge on any atom is -0.440 e. The number of fused-ring (bicyclic) bond motifs is 1. The molecule has 5 rings (SSSR count). The zero-order valence-corrected chi connectivity index (χ0v) is 17.3. The highest BCUT2D eigenvalue weighted by atomic mass is 16.4. The summed E-state index contributed by atoms with van der Waals surface area (Å²) < 4.78 is 7.95. The van der Waals surface area contributed by atoms with E-state index in [1.807, 2.05) is 89.5 Å². The Morgan fingerprint density at radius 2 is 1.59 bits per heavy atom. The van der Waals surface area contributed by atoms with E-state index in [2.05, 4.69) is 15.5 Å². The van der Waals surface area contributed by atoms with Gasteiger partial charge in [0.2, 0.25) is 5.91 Å². The summed E-state index contributed by atoms with van der Waals surface area (Å²) in [6.07, 6.45) is 2.54. The van der Waals surface area contributed by atoms with Crippen molar-refractivity contribution >= 4 is 11.6 Å². The normalized spacial score (nSPS) is 11.0. The average molecular weight is 423 g/mol. The molecule has 1 amide bonds. The molecule has 0 fully saturated rings. The van der Waals surface area contributed by atoms with Gasteiger partial charge in [0.05, 0.1) is 6.54 Å². The van der Waals surface area contributed by atoms with Crippen LogP contribution in [0.1, 0.15) is 18.1 Å². The number of benzene rings is 2. The average Bonchev–Trinajstić information content (AvgIpc) is 3.47. The third-order valence-corrected chi connectivity index (χ3v) is 5.15. The lowest BCUT2D eigenvalue weighted by molar-refractivity contribution is -0.121. The molecule has 0 aliphatic heterocycles. The van der Waals surface area contributed by atoms with Crippen LogP contribution in [0.25, 0.3) is 28.2 Å². The molecule has 0 aliphatic rings. The first-order valence-electron chi connectivity index (χ1n) is 10.4. The molecule has 2 aromatic carbocycles. The van der Waals surface area contributed by atoms with E-state index in [0.717, 1.165) is 22.5 Å². The van der Waals surface area contributed by atoms with E-state index in [1.54, 1.807) is 0 Å². The van der Waals surface area contributed by atoms with Gasteiger partial charge in [0, 0.05) is 30.2 Å². The predicted octanol–water partition coefficient (Wildman–Crippen LogP) is 4.30. The quantitative estimate of drug-likeness (QED) is 0.422. The Bertz CT molecular complexity index is 1290. The molecule has 0 atom stereocenters. The molecule has 0 saturated carbocycles. The molecule has 0 bridgehead atoms. The van der Waals surface area contributed by atoms with Gasteiger partial charge in [-0.25, -0.2) is 4.98 Å². The number of carbonyl (C=O) groups is 1. The van der Waals surface area contributed by atoms with Gasteiger partial charge >= 0.3 is 0 Å². The third-order valence-electron chi connectivity index (χ3n) is 5.15. The van der Waals surface area contributed by atoms with Crippen LogP contribution in [0.3, 0.4) is 0 Å². The Morgan fingerprint density at radius 3 is 2.38 bits per heavy atom. The van der Waals surface area contributed by atoms with Gasteiger partial charge in [-0.1, -0.05) is 66.7 Å². The van der Waals surface area contributed by atoms with Crippen molar-refractivity contribution in [1.82, 2.24) is 24.9 Å². The smallest absolute Gasteiger partial charge is 0.220 e. The van der Waals surface area contributed by atoms with Gasteiger partial charge in [-0.15, -0.1) is 10.2 Å². The molecule has 0 saturated heterocycles. The first-order chi connectivity index (χ1) is 15.8. The van der Waals surface area contributed by atoms with E-state index < -0.39 is 0 Å². The number of amides is 1. The second kappa shape index (κ2) is 8.85. The summed E-state index contributed by atoms with van der Waals surface area (Å²) >= 11 is 0. The number of oxazole rings is 1. The Morgan fingerprint density at radius 1 is 0.875 bits per heavy atom. The zero-order chi connectivity index (χ0) is 21.8. The van der Waals surface area contributed by atoms with Crippen molar-refractivity contribution in [1.29, 1.82) is 0 Å². The molecule has 158 valence electrons. The Hall–Kier alpha value is -4.26. The van der Waals surface area contributed by atoms with Crippen LogP contribution in [-0.4, -0.2) is 25.5 Å². The van der Waals surface area contributed by atoms with E-state index in [1.165, 1.54) is 0 Å². The molecule has 32 heavy (non-hydrogen) atoms. The third kappa shape index (κ3) is 4.13. The first kappa shape index (κ1) is 19.7. The lowest BCUT2D eigenvalue weighted by Gasteiger charge is -2.03. The fourth-order valence-electron chi connectivity index (χ4n) is 3.55. The standard InChI is InChI=1S/C25H21N5O2/c31-22(26-17-21-29-28-20-13-7-8-16-30(20)21)14-15-23-27-24(18-9-3-1-4-10-18)25(32-23)19-11-5-2-6-12-19/h1-13,16H,14-15,17H2,(H,26,31). The molecule has 1 N–H and O–H groups in total. The van der Waals surface area contributed by atoms with Gasteiger partial charge < -0.3 is 9.73 Å². The van der Waals surface area contributed by atoms with Crippen LogP contribution in [0.4, 0.5) is 0 Å². The minimum atomic E-state index is -0.0987. The lowest BCUT2D eigenvalue weighted by Crippen LogP contribution is -2.24. The number of carbonyl (C=O) groups excluding carboxylic acids is 1. The molecular formula is C25H21N5O2. The SMILES string of the molecule is O=C(CCc1nc(-c2ccccc2)c(-c2ccccc2)o1)NCc1nnc2ccccn12. The summed E-state index contributed by atoms with van der Waals surface area (Å²) in [6, 6.07) is 25.5. The highest BCUT2D eigenvalue weighted by Crippen LogP contribution is 2.32. The highest BCUT2D eigenvalue weighted by molar-refractivity contribution is 5.77. The highest BCUT2D eigenvalue weighted by Gasteiger charge is 2.17. The number of aromatic nitrogens is 4. The van der Waals surface area contributed by atoms with E-state index in [4.69, 9.17) is 9.40 Å². The Balaban J connectivity index is 1.29. The van der Waals surface area contributed by atoms with Crippen LogP contribution >= 0.6 is 0 Å². The van der Waals surface area contributed by atoms with E-state index in [9.17, 15) is 4.79 Å². The number of nitrogens with one attached hydrogen (secondary N) is 1. The van der Waals surface area contributed by atoms with Gasteiger partial charge in [0.25, 0.3) is 0 Å². The summed E-state index contributed by atoms with van der Waals surface area (Å²) in [5, 5.41) is 11.1. The molecule has 3 aromatic heterocycles. The topological polar surface area (TPSA) is 85.3 Å². The van der Waals surface area contributed by atoms with Gasteiger partial charge in [-0.05, 0) is 12.1 Å². The number of aryl methyl sites for hydroxylation is 1. The molecule has 3 heterocycles. The van der Waals surface area contributed by atoms with Crippen LogP contribution < -0.4 is 5.32 Å². The van der Waals surface area contributed by atoms with Crippen molar-refractivity contribution in [3.8, 4) is 22.6 Å². The molecule has 0 spiro atoms. The molecule has 5 aromatic rings. The van der Waals surface area contributed by atoms with Crippen LogP contribution in [0.2, 0.25) is 0 Å². The van der Waals surface area contributed by atoms with Crippen molar-refractivity contribution in [3.63, 3.8) is 0 Å². The van der Waals surface area contributed by atoms with Crippen LogP contribution in [0.5, 0.6) is 0 Å². The summed E-state index contributed by atoms with van der Waals surface area (Å²) in [4.78, 5) is 17.1. The second-order valence-corrected chi connectivity index (χ2v) is 7.34. The Labute approximate surface area is 184 Å². The molecule has 0 radical (unpaired) electrons. The van der Waals surface area contributed by atoms with Crippen LogP contribution in [-0.2, 0) is 17.8 Å². The van der Waals surface area contributed by atoms with Crippen molar-refractivity contribution < 1.29 is 9.21 Å². The predicted molar refractivity (Wildman–Crippen MR) is 121 cm³/mol. The number of hydrogen-bond donors (Lipinski definition) is 1. The molecule has 7 heteroatoms. The van der Waals surface area contributed by atoms with Crippen molar-refractivity contribution in [2.24, 2.45) is 0 Å². The molecule has 7 nitrogen and oxygen atoms in total. The monoisotopic (exact) mass is 423 g/mol. The number of rotatable bonds is 7. The van der Waals surface area contributed by atoms with Crippen molar-refractivity contribution in [2.45, 2.75) is 19.4 Å². The van der Waals surface area contributed by atoms with Gasteiger partial charge in [0.1, 0.15) is 5.69 Å². The number of hydrogen-bond acceptors (Lipinski definition) is 5. The van der Waals surface area contributed by atoms with Crippen molar-refractivity contribution in [3.05, 3.63) is 96.8 Å². The number of nitrogens with zero attached hydrogens (tertiary/aromatic N) is 4. The van der Waals surface area contributed by atoms with Crippen LogP contribution in [0, 0.1) is 0 Å². The van der Waals surface area contributed by atoms with E-state index in [-0.39, 0.29) is 12.3 Å². The molecular weight excluding hydrogens is 402 g/mol. The van der Waals surface area contributed by atoms with Crippen LogP contribution in [0.15, 0.2) is 89.5 Å². The summed E-state index contributed by atoms with van der Waals surface area (Å²) in [7, 11) is 0. The number of pyridine rings is 1. The van der Waals surface area contributed by atoms with E-state index in [0.29, 0.717) is 30.4 Å². The van der Waals surface area contributed by atoms with Crippen molar-refractivity contribution in [2.75, 3.05) is 0 Å². The fourth-order valence-corrected chi connectivity index (χ4v) is 3.55. The lowest BCUT2D eigenvalue weighted by atomic mass is 10.1. The van der Waals surface area contributed by atoms with Gasteiger partial charge in [-0.2, -0.15) is 0 Å². The summed E-state index contributed by atoms with van der Waals surface area (Å²) in [5.41, 5.74) is 3.46. The maximum atomic E-state index is 12.4. The zero-order valence-electron chi connectivity index (χ0n) is 17.3. The molecule has 0 aliphatic carbocycles. The fraction of sp³-hybridized carbons (Fsp3) is 0.120. The molecule has 0 unspecified atom stereocenters.